The Morgan fingerprint density at radius 3 is 2.60 bits per heavy atom. The highest BCUT2D eigenvalue weighted by molar-refractivity contribution is 5.89. The first-order valence-corrected chi connectivity index (χ1v) is 11.3. The Hall–Kier alpha value is -2.40. The molecule has 1 N–H and O–H groups in total. The second-order valence-corrected chi connectivity index (χ2v) is 9.12. The van der Waals surface area contributed by atoms with E-state index in [0.717, 1.165) is 43.5 Å². The van der Waals surface area contributed by atoms with Crippen LogP contribution in [0, 0.1) is 5.92 Å². The van der Waals surface area contributed by atoms with E-state index >= 15 is 0 Å². The highest BCUT2D eigenvalue weighted by atomic mass is 16.2. The van der Waals surface area contributed by atoms with Gasteiger partial charge in [-0.3, -0.25) is 14.5 Å². The Kier molecular flexibility index (Phi) is 6.38. The van der Waals surface area contributed by atoms with Crippen LogP contribution in [0.5, 0.6) is 0 Å². The van der Waals surface area contributed by atoms with Gasteiger partial charge in [0.25, 0.3) is 0 Å². The Balaban J connectivity index is 1.41. The average Bonchev–Trinajstić information content (AvgIpc) is 3.07. The SMILES string of the molecule is CC(C)C(NC(=O)Cc1ccc2ccccc2c1)C(=O)N1CCCN2CCCC2C1. The zero-order chi connectivity index (χ0) is 21.1. The van der Waals surface area contributed by atoms with Crippen molar-refractivity contribution in [3.8, 4) is 0 Å². The van der Waals surface area contributed by atoms with Crippen molar-refractivity contribution in [1.82, 2.24) is 15.1 Å². The van der Waals surface area contributed by atoms with Gasteiger partial charge in [0.2, 0.25) is 11.8 Å². The van der Waals surface area contributed by atoms with Gasteiger partial charge in [-0.15, -0.1) is 0 Å². The molecule has 2 heterocycles. The summed E-state index contributed by atoms with van der Waals surface area (Å²) in [5.41, 5.74) is 0.970. The second-order valence-electron chi connectivity index (χ2n) is 9.12. The van der Waals surface area contributed by atoms with E-state index in [2.05, 4.69) is 28.4 Å². The summed E-state index contributed by atoms with van der Waals surface area (Å²) in [4.78, 5) is 30.7. The van der Waals surface area contributed by atoms with Crippen LogP contribution >= 0.6 is 0 Å². The molecule has 0 spiro atoms. The number of hydrogen-bond donors (Lipinski definition) is 1. The zero-order valence-corrected chi connectivity index (χ0v) is 18.1. The highest BCUT2D eigenvalue weighted by Crippen LogP contribution is 2.22. The maximum absolute atomic E-state index is 13.3. The molecule has 2 amide bonds. The molecule has 0 saturated carbocycles. The zero-order valence-electron chi connectivity index (χ0n) is 18.1. The van der Waals surface area contributed by atoms with Crippen molar-refractivity contribution < 1.29 is 9.59 Å². The molecule has 2 aliphatic rings. The fourth-order valence-electron chi connectivity index (χ4n) is 4.88. The first-order chi connectivity index (χ1) is 14.5. The number of fused-ring (bicyclic) bond motifs is 2. The monoisotopic (exact) mass is 407 g/mol. The van der Waals surface area contributed by atoms with Gasteiger partial charge in [-0.05, 0) is 48.1 Å². The van der Waals surface area contributed by atoms with E-state index in [1.165, 1.54) is 18.2 Å². The minimum absolute atomic E-state index is 0.0565. The molecule has 0 aromatic heterocycles. The molecule has 4 rings (SSSR count). The van der Waals surface area contributed by atoms with E-state index in [0.29, 0.717) is 6.04 Å². The van der Waals surface area contributed by atoms with Crippen molar-refractivity contribution in [2.24, 2.45) is 5.92 Å². The van der Waals surface area contributed by atoms with Crippen LogP contribution in [-0.4, -0.2) is 59.9 Å². The van der Waals surface area contributed by atoms with Crippen molar-refractivity contribution >= 4 is 22.6 Å². The van der Waals surface area contributed by atoms with Crippen LogP contribution in [0.25, 0.3) is 10.8 Å². The molecule has 0 radical (unpaired) electrons. The lowest BCUT2D eigenvalue weighted by molar-refractivity contribution is -0.137. The number of carbonyl (C=O) groups is 2. The van der Waals surface area contributed by atoms with Gasteiger partial charge < -0.3 is 10.2 Å². The maximum atomic E-state index is 13.3. The largest absolute Gasteiger partial charge is 0.344 e. The Morgan fingerprint density at radius 1 is 1.03 bits per heavy atom. The molecule has 2 aromatic rings. The molecule has 5 heteroatoms. The van der Waals surface area contributed by atoms with Gasteiger partial charge in [-0.25, -0.2) is 0 Å². The third-order valence-corrected chi connectivity index (χ3v) is 6.54. The molecular formula is C25H33N3O2. The fraction of sp³-hybridized carbons (Fsp3) is 0.520. The van der Waals surface area contributed by atoms with Crippen molar-refractivity contribution in [1.29, 1.82) is 0 Å². The first kappa shape index (κ1) is 20.9. The molecule has 2 saturated heterocycles. The van der Waals surface area contributed by atoms with E-state index in [4.69, 9.17) is 0 Å². The number of hydrogen-bond acceptors (Lipinski definition) is 3. The molecule has 2 aromatic carbocycles. The number of nitrogens with zero attached hydrogens (tertiary/aromatic N) is 2. The summed E-state index contributed by atoms with van der Waals surface area (Å²) >= 11 is 0. The lowest BCUT2D eigenvalue weighted by Crippen LogP contribution is -2.53. The first-order valence-electron chi connectivity index (χ1n) is 11.3. The van der Waals surface area contributed by atoms with Gasteiger partial charge in [0, 0.05) is 25.7 Å². The van der Waals surface area contributed by atoms with E-state index < -0.39 is 6.04 Å². The summed E-state index contributed by atoms with van der Waals surface area (Å²) in [5.74, 6) is 0.0428. The van der Waals surface area contributed by atoms with Gasteiger partial charge in [0.1, 0.15) is 6.04 Å². The predicted octanol–water partition coefficient (Wildman–Crippen LogP) is 3.22. The van der Waals surface area contributed by atoms with Crippen LogP contribution in [0.15, 0.2) is 42.5 Å². The normalized spacial score (nSPS) is 20.8. The molecule has 2 aliphatic heterocycles. The summed E-state index contributed by atoms with van der Waals surface area (Å²) in [7, 11) is 0. The molecule has 0 bridgehead atoms. The minimum Gasteiger partial charge on any atom is -0.344 e. The molecule has 0 aliphatic carbocycles. The number of rotatable bonds is 5. The molecule has 160 valence electrons. The number of nitrogens with one attached hydrogen (secondary N) is 1. The molecular weight excluding hydrogens is 374 g/mol. The summed E-state index contributed by atoms with van der Waals surface area (Å²) in [6.07, 6.45) is 3.70. The summed E-state index contributed by atoms with van der Waals surface area (Å²) < 4.78 is 0. The quantitative estimate of drug-likeness (QED) is 0.828. The molecule has 30 heavy (non-hydrogen) atoms. The van der Waals surface area contributed by atoms with Gasteiger partial charge in [0.05, 0.1) is 6.42 Å². The Bertz CT molecular complexity index is 910. The second kappa shape index (κ2) is 9.17. The lowest BCUT2D eigenvalue weighted by atomic mass is 10.0. The number of amides is 2. The van der Waals surface area contributed by atoms with Crippen molar-refractivity contribution in [2.75, 3.05) is 26.2 Å². The van der Waals surface area contributed by atoms with Crippen LogP contribution in [0.1, 0.15) is 38.7 Å². The Morgan fingerprint density at radius 2 is 1.80 bits per heavy atom. The van der Waals surface area contributed by atoms with E-state index in [1.807, 2.05) is 43.0 Å². The smallest absolute Gasteiger partial charge is 0.245 e. The maximum Gasteiger partial charge on any atom is 0.245 e. The van der Waals surface area contributed by atoms with Crippen LogP contribution in [0.4, 0.5) is 0 Å². The van der Waals surface area contributed by atoms with Crippen LogP contribution in [-0.2, 0) is 16.0 Å². The average molecular weight is 408 g/mol. The molecule has 5 nitrogen and oxygen atoms in total. The summed E-state index contributed by atoms with van der Waals surface area (Å²) in [5, 5.41) is 5.34. The fourth-order valence-corrected chi connectivity index (χ4v) is 4.88. The molecule has 2 unspecified atom stereocenters. The number of carbonyl (C=O) groups excluding carboxylic acids is 2. The topological polar surface area (TPSA) is 52.7 Å². The van der Waals surface area contributed by atoms with E-state index in [1.54, 1.807) is 0 Å². The van der Waals surface area contributed by atoms with Gasteiger partial charge in [-0.2, -0.15) is 0 Å². The van der Waals surface area contributed by atoms with Crippen LogP contribution in [0.2, 0.25) is 0 Å². The van der Waals surface area contributed by atoms with Crippen LogP contribution < -0.4 is 5.32 Å². The third-order valence-electron chi connectivity index (χ3n) is 6.54. The third kappa shape index (κ3) is 4.67. The number of benzene rings is 2. The minimum atomic E-state index is -0.467. The van der Waals surface area contributed by atoms with Crippen molar-refractivity contribution in [2.45, 2.75) is 51.6 Å². The van der Waals surface area contributed by atoms with Crippen molar-refractivity contribution in [3.05, 3.63) is 48.0 Å². The van der Waals surface area contributed by atoms with E-state index in [-0.39, 0.29) is 24.2 Å². The van der Waals surface area contributed by atoms with Gasteiger partial charge >= 0.3 is 0 Å². The predicted molar refractivity (Wildman–Crippen MR) is 120 cm³/mol. The van der Waals surface area contributed by atoms with Gasteiger partial charge in [-0.1, -0.05) is 56.3 Å². The van der Waals surface area contributed by atoms with Gasteiger partial charge in [0.15, 0.2) is 0 Å². The molecule has 2 atom stereocenters. The molecule has 2 fully saturated rings. The lowest BCUT2D eigenvalue weighted by Gasteiger charge is -2.31. The standard InChI is InChI=1S/C25H33N3O2/c1-18(2)24(25(30)28-14-6-13-27-12-5-9-22(27)17-28)26-23(29)16-19-10-11-20-7-3-4-8-21(20)15-19/h3-4,7-8,10-11,15,18,22,24H,5-6,9,12-14,16-17H2,1-2H3,(H,26,29). The highest BCUT2D eigenvalue weighted by Gasteiger charge is 2.34. The Labute approximate surface area is 179 Å². The van der Waals surface area contributed by atoms with E-state index in [9.17, 15) is 9.59 Å². The summed E-state index contributed by atoms with van der Waals surface area (Å²) in [6.45, 7) is 7.84. The van der Waals surface area contributed by atoms with Crippen LogP contribution in [0.3, 0.4) is 0 Å². The summed E-state index contributed by atoms with van der Waals surface area (Å²) in [6, 6.07) is 14.3. The van der Waals surface area contributed by atoms with Crippen molar-refractivity contribution in [3.63, 3.8) is 0 Å².